The Morgan fingerprint density at radius 3 is 2.84 bits per heavy atom. The summed E-state index contributed by atoms with van der Waals surface area (Å²) in [4.78, 5) is 19.8. The lowest BCUT2D eigenvalue weighted by molar-refractivity contribution is 0.101. The van der Waals surface area contributed by atoms with Crippen LogP contribution in [-0.4, -0.2) is 58.1 Å². The molecular weight excluding hydrogens is 394 g/mol. The van der Waals surface area contributed by atoms with Crippen LogP contribution in [0.15, 0.2) is 36.2 Å². The number of nitrogens with one attached hydrogen (secondary N) is 2. The van der Waals surface area contributed by atoms with Gasteiger partial charge in [-0.2, -0.15) is 5.10 Å². The Labute approximate surface area is 180 Å². The van der Waals surface area contributed by atoms with Gasteiger partial charge in [0.05, 0.1) is 23.9 Å². The van der Waals surface area contributed by atoms with Gasteiger partial charge in [-0.25, -0.2) is 4.98 Å². The van der Waals surface area contributed by atoms with Gasteiger partial charge in [0.1, 0.15) is 11.5 Å². The molecule has 8 heteroatoms. The summed E-state index contributed by atoms with van der Waals surface area (Å²) in [5.74, 6) is 1.40. The minimum atomic E-state index is -0.152. The van der Waals surface area contributed by atoms with Gasteiger partial charge >= 0.3 is 0 Å². The van der Waals surface area contributed by atoms with E-state index in [1.54, 1.807) is 25.4 Å². The Kier molecular flexibility index (Phi) is 4.95. The van der Waals surface area contributed by atoms with Crippen molar-refractivity contribution in [3.05, 3.63) is 53.0 Å². The number of H-pyrrole nitrogens is 1. The molecule has 0 saturated carbocycles. The fraction of sp³-hybridized carbons (Fsp3) is 0.348. The van der Waals surface area contributed by atoms with Gasteiger partial charge in [0.25, 0.3) is 0 Å². The van der Waals surface area contributed by atoms with Gasteiger partial charge in [-0.05, 0) is 38.1 Å². The Morgan fingerprint density at radius 2 is 2.06 bits per heavy atom. The summed E-state index contributed by atoms with van der Waals surface area (Å²) in [6.07, 6.45) is 3.37. The highest BCUT2D eigenvalue weighted by Crippen LogP contribution is 2.41. The van der Waals surface area contributed by atoms with Crippen LogP contribution >= 0.6 is 0 Å². The van der Waals surface area contributed by atoms with Gasteiger partial charge in [-0.3, -0.25) is 14.8 Å². The quantitative estimate of drug-likeness (QED) is 0.628. The molecule has 0 amide bonds. The Morgan fingerprint density at radius 1 is 1.26 bits per heavy atom. The van der Waals surface area contributed by atoms with Gasteiger partial charge in [0.15, 0.2) is 11.4 Å². The van der Waals surface area contributed by atoms with Crippen LogP contribution in [0.25, 0.3) is 17.1 Å². The molecule has 0 unspecified atom stereocenters. The minimum Gasteiger partial charge on any atom is -0.496 e. The van der Waals surface area contributed by atoms with E-state index in [4.69, 9.17) is 9.47 Å². The fourth-order valence-corrected chi connectivity index (χ4v) is 4.40. The number of methoxy groups -OCH3 is 1. The third-order valence-electron chi connectivity index (χ3n) is 6.10. The average molecular weight is 419 g/mol. The number of Topliss-reactive ketones (excluding diaryl/α,β-unsaturated/α-hetero) is 1. The molecule has 8 nitrogen and oxygen atoms in total. The number of hydrogen-bond acceptors (Lipinski definition) is 7. The molecule has 1 aromatic carbocycles. The highest BCUT2D eigenvalue weighted by molar-refractivity contribution is 6.15. The summed E-state index contributed by atoms with van der Waals surface area (Å²) in [5, 5.41) is 11.5. The fourth-order valence-electron chi connectivity index (χ4n) is 4.40. The van der Waals surface area contributed by atoms with Crippen LogP contribution in [0.5, 0.6) is 11.5 Å². The SMILES string of the molecule is COc1ccc2c(c1CN1[C@H](C)CNC[C@@H]1C)O/C(=C\c1n[nH]c3ncccc13)C2=O. The second-order valence-electron chi connectivity index (χ2n) is 8.10. The number of allylic oxidation sites excluding steroid dienone is 1. The number of piperazine rings is 1. The molecular formula is C23H25N5O3. The molecule has 2 atom stereocenters. The molecule has 2 aliphatic heterocycles. The Bertz CT molecular complexity index is 1180. The van der Waals surface area contributed by atoms with E-state index in [9.17, 15) is 4.79 Å². The largest absolute Gasteiger partial charge is 0.496 e. The molecule has 2 aromatic heterocycles. The van der Waals surface area contributed by atoms with Crippen LogP contribution in [0.2, 0.25) is 0 Å². The van der Waals surface area contributed by atoms with E-state index in [-0.39, 0.29) is 11.5 Å². The number of nitrogens with zero attached hydrogens (tertiary/aromatic N) is 3. The van der Waals surface area contributed by atoms with Gasteiger partial charge < -0.3 is 14.8 Å². The Hall–Kier alpha value is -3.23. The van der Waals surface area contributed by atoms with Crippen LogP contribution in [0.1, 0.15) is 35.5 Å². The van der Waals surface area contributed by atoms with Crippen LogP contribution in [-0.2, 0) is 6.54 Å². The maximum absolute atomic E-state index is 13.1. The molecule has 0 aliphatic carbocycles. The predicted octanol–water partition coefficient (Wildman–Crippen LogP) is 2.76. The number of hydrogen-bond donors (Lipinski definition) is 2. The highest BCUT2D eigenvalue weighted by Gasteiger charge is 2.34. The molecule has 1 saturated heterocycles. The van der Waals surface area contributed by atoms with Crippen molar-refractivity contribution in [2.75, 3.05) is 20.2 Å². The molecule has 0 bridgehead atoms. The first kappa shape index (κ1) is 19.7. The molecule has 2 aliphatic rings. The van der Waals surface area contributed by atoms with Crippen LogP contribution < -0.4 is 14.8 Å². The van der Waals surface area contributed by atoms with Crippen molar-refractivity contribution in [3.63, 3.8) is 0 Å². The van der Waals surface area contributed by atoms with E-state index < -0.39 is 0 Å². The summed E-state index contributed by atoms with van der Waals surface area (Å²) in [7, 11) is 1.65. The van der Waals surface area contributed by atoms with Crippen molar-refractivity contribution in [2.24, 2.45) is 0 Å². The summed E-state index contributed by atoms with van der Waals surface area (Å²) in [6, 6.07) is 8.09. The molecule has 5 rings (SSSR count). The lowest BCUT2D eigenvalue weighted by atomic mass is 10.0. The maximum Gasteiger partial charge on any atom is 0.232 e. The van der Waals surface area contributed by atoms with Crippen molar-refractivity contribution < 1.29 is 14.3 Å². The molecule has 0 radical (unpaired) electrons. The predicted molar refractivity (Wildman–Crippen MR) is 117 cm³/mol. The van der Waals surface area contributed by atoms with Gasteiger partial charge in [-0.1, -0.05) is 0 Å². The smallest absolute Gasteiger partial charge is 0.232 e. The lowest BCUT2D eigenvalue weighted by Gasteiger charge is -2.39. The number of rotatable bonds is 4. The normalized spacial score (nSPS) is 22.7. The number of aromatic nitrogens is 3. The molecule has 2 N–H and O–H groups in total. The van der Waals surface area contributed by atoms with E-state index in [1.807, 2.05) is 18.2 Å². The number of carbonyl (C=O) groups excluding carboxylic acids is 1. The van der Waals surface area contributed by atoms with E-state index in [0.29, 0.717) is 41.3 Å². The average Bonchev–Trinajstić information content (AvgIpc) is 3.32. The van der Waals surface area contributed by atoms with Crippen LogP contribution in [0.4, 0.5) is 0 Å². The second kappa shape index (κ2) is 7.79. The zero-order valence-corrected chi connectivity index (χ0v) is 17.8. The Balaban J connectivity index is 1.53. The number of ketones is 1. The van der Waals surface area contributed by atoms with E-state index in [0.717, 1.165) is 29.8 Å². The molecule has 160 valence electrons. The number of benzene rings is 1. The summed E-state index contributed by atoms with van der Waals surface area (Å²) in [6.45, 7) is 6.89. The molecule has 1 fully saturated rings. The first-order chi connectivity index (χ1) is 15.1. The van der Waals surface area contributed by atoms with Crippen molar-refractivity contribution in [1.29, 1.82) is 0 Å². The van der Waals surface area contributed by atoms with Gasteiger partial charge in [0, 0.05) is 49.4 Å². The number of ether oxygens (including phenoxy) is 2. The summed E-state index contributed by atoms with van der Waals surface area (Å²) < 4.78 is 11.8. The number of aromatic amines is 1. The number of carbonyl (C=O) groups is 1. The van der Waals surface area contributed by atoms with Gasteiger partial charge in [0.2, 0.25) is 5.78 Å². The number of pyridine rings is 1. The topological polar surface area (TPSA) is 92.4 Å². The highest BCUT2D eigenvalue weighted by atomic mass is 16.5. The lowest BCUT2D eigenvalue weighted by Crippen LogP contribution is -2.54. The van der Waals surface area contributed by atoms with Crippen LogP contribution in [0.3, 0.4) is 0 Å². The first-order valence-corrected chi connectivity index (χ1v) is 10.5. The third-order valence-corrected chi connectivity index (χ3v) is 6.10. The van der Waals surface area contributed by atoms with E-state index in [1.165, 1.54) is 0 Å². The maximum atomic E-state index is 13.1. The zero-order chi connectivity index (χ0) is 21.5. The molecule has 0 spiro atoms. The van der Waals surface area contributed by atoms with Crippen molar-refractivity contribution >= 4 is 22.9 Å². The molecule has 3 aromatic rings. The zero-order valence-electron chi connectivity index (χ0n) is 17.8. The van der Waals surface area contributed by atoms with Crippen molar-refractivity contribution in [1.82, 2.24) is 25.4 Å². The molecule has 4 heterocycles. The second-order valence-corrected chi connectivity index (χ2v) is 8.10. The van der Waals surface area contributed by atoms with Crippen molar-refractivity contribution in [3.8, 4) is 11.5 Å². The van der Waals surface area contributed by atoms with Crippen LogP contribution in [0, 0.1) is 0 Å². The molecule has 31 heavy (non-hydrogen) atoms. The van der Waals surface area contributed by atoms with E-state index in [2.05, 4.69) is 39.2 Å². The van der Waals surface area contributed by atoms with Crippen molar-refractivity contribution in [2.45, 2.75) is 32.5 Å². The third kappa shape index (κ3) is 3.37. The standard InChI is InChI=1S/C23H25N5O3/c1-13-10-24-11-14(2)28(13)12-17-19(30-3)7-6-16-21(29)20(31-22(16)17)9-18-15-5-4-8-25-23(15)27-26-18/h4-9,13-14,24H,10-12H2,1-3H3,(H,25,26,27)/b20-9-/t13-,14+. The van der Waals surface area contributed by atoms with E-state index >= 15 is 0 Å². The summed E-state index contributed by atoms with van der Waals surface area (Å²) >= 11 is 0. The number of fused-ring (bicyclic) bond motifs is 2. The monoisotopic (exact) mass is 419 g/mol. The van der Waals surface area contributed by atoms with Gasteiger partial charge in [-0.15, -0.1) is 0 Å². The minimum absolute atomic E-state index is 0.152. The first-order valence-electron chi connectivity index (χ1n) is 10.5. The summed E-state index contributed by atoms with van der Waals surface area (Å²) in [5.41, 5.74) is 2.74.